The zero-order valence-electron chi connectivity index (χ0n) is 16.0. The first kappa shape index (κ1) is 15.4. The molecule has 3 nitrogen and oxygen atoms in total. The number of benzene rings is 3. The number of aryl methyl sites for hydroxylation is 2. The van der Waals surface area contributed by atoms with Crippen LogP contribution in [0.25, 0.3) is 49.0 Å². The second-order valence-corrected chi connectivity index (χ2v) is 7.71. The third-order valence-electron chi connectivity index (χ3n) is 6.41. The van der Waals surface area contributed by atoms with E-state index in [1.165, 1.54) is 38.5 Å². The predicted octanol–water partition coefficient (Wildman–Crippen LogP) is 6.18. The topological polar surface area (TPSA) is 41.1 Å². The lowest BCUT2D eigenvalue weighted by atomic mass is 9.95. The standard InChI is InChI=1S/C25H17N3/c1-13-10-20-23-22-17(16(11-26)12-27-23)8-9-19-18-6-4-5-7-21(18)28(25(19)22)24(20)15(3)14(13)2/h4-10,12H,1-3H3. The average Bonchev–Trinajstić information content (AvgIpc) is 3.06. The SMILES string of the molecule is Cc1cc2c3ncc(C#N)c4ccc5c6ccccc6n(c2c(C)c1C)c5c43. The summed E-state index contributed by atoms with van der Waals surface area (Å²) in [7, 11) is 0. The number of nitrogens with zero attached hydrogens (tertiary/aromatic N) is 3. The molecule has 0 radical (unpaired) electrons. The van der Waals surface area contributed by atoms with E-state index in [1.807, 2.05) is 0 Å². The van der Waals surface area contributed by atoms with E-state index in [9.17, 15) is 5.26 Å². The van der Waals surface area contributed by atoms with Crippen LogP contribution in [0.5, 0.6) is 0 Å². The molecule has 3 aromatic heterocycles. The van der Waals surface area contributed by atoms with Gasteiger partial charge in [-0.05, 0) is 49.6 Å². The van der Waals surface area contributed by atoms with Crippen LogP contribution in [0.4, 0.5) is 0 Å². The maximum atomic E-state index is 9.65. The van der Waals surface area contributed by atoms with Crippen molar-refractivity contribution in [3.63, 3.8) is 0 Å². The van der Waals surface area contributed by atoms with Gasteiger partial charge in [-0.3, -0.25) is 4.98 Å². The molecule has 3 heterocycles. The second-order valence-electron chi connectivity index (χ2n) is 7.71. The van der Waals surface area contributed by atoms with Gasteiger partial charge < -0.3 is 4.40 Å². The Morgan fingerprint density at radius 1 is 0.857 bits per heavy atom. The van der Waals surface area contributed by atoms with E-state index in [4.69, 9.17) is 4.98 Å². The molecule has 0 saturated carbocycles. The summed E-state index contributed by atoms with van der Waals surface area (Å²) in [5.74, 6) is 0. The van der Waals surface area contributed by atoms with Crippen LogP contribution in [-0.4, -0.2) is 9.38 Å². The van der Waals surface area contributed by atoms with E-state index in [2.05, 4.69) is 73.7 Å². The molecule has 6 aromatic rings. The zero-order valence-corrected chi connectivity index (χ0v) is 16.0. The van der Waals surface area contributed by atoms with Crippen molar-refractivity contribution < 1.29 is 0 Å². The van der Waals surface area contributed by atoms with Gasteiger partial charge in [0.25, 0.3) is 0 Å². The van der Waals surface area contributed by atoms with Crippen LogP contribution in [0.1, 0.15) is 22.3 Å². The van der Waals surface area contributed by atoms with Gasteiger partial charge in [-0.15, -0.1) is 0 Å². The molecule has 0 amide bonds. The number of hydrogen-bond donors (Lipinski definition) is 0. The molecule has 0 aliphatic rings. The summed E-state index contributed by atoms with van der Waals surface area (Å²) in [6, 6.07) is 17.4. The van der Waals surface area contributed by atoms with Crippen molar-refractivity contribution in [1.82, 2.24) is 9.38 Å². The Hall–Kier alpha value is -3.64. The number of nitriles is 1. The zero-order chi connectivity index (χ0) is 19.2. The summed E-state index contributed by atoms with van der Waals surface area (Å²) in [4.78, 5) is 4.78. The van der Waals surface area contributed by atoms with Gasteiger partial charge in [-0.1, -0.05) is 30.3 Å². The normalized spacial score (nSPS) is 12.1. The fraction of sp³-hybridized carbons (Fsp3) is 0.120. The molecular formula is C25H17N3. The van der Waals surface area contributed by atoms with E-state index in [1.54, 1.807) is 6.20 Å². The average molecular weight is 359 g/mol. The third-order valence-corrected chi connectivity index (χ3v) is 6.41. The monoisotopic (exact) mass is 359 g/mol. The smallest absolute Gasteiger partial charge is 0.101 e. The number of aromatic nitrogens is 2. The number of pyridine rings is 2. The minimum atomic E-state index is 0.626. The summed E-state index contributed by atoms with van der Waals surface area (Å²) >= 11 is 0. The first-order valence-electron chi connectivity index (χ1n) is 9.48. The van der Waals surface area contributed by atoms with Crippen molar-refractivity contribution in [2.24, 2.45) is 0 Å². The number of rotatable bonds is 0. The molecule has 0 unspecified atom stereocenters. The van der Waals surface area contributed by atoms with Crippen molar-refractivity contribution >= 4 is 49.0 Å². The van der Waals surface area contributed by atoms with Gasteiger partial charge in [0, 0.05) is 33.1 Å². The van der Waals surface area contributed by atoms with Crippen molar-refractivity contribution in [2.45, 2.75) is 20.8 Å². The first-order valence-corrected chi connectivity index (χ1v) is 9.48. The van der Waals surface area contributed by atoms with Gasteiger partial charge in [0.1, 0.15) is 6.07 Å². The van der Waals surface area contributed by atoms with E-state index >= 15 is 0 Å². The molecule has 28 heavy (non-hydrogen) atoms. The molecule has 0 atom stereocenters. The molecule has 0 aliphatic carbocycles. The first-order chi connectivity index (χ1) is 13.6. The Kier molecular flexibility index (Phi) is 2.75. The van der Waals surface area contributed by atoms with Crippen LogP contribution in [0, 0.1) is 32.1 Å². The number of para-hydroxylation sites is 1. The highest BCUT2D eigenvalue weighted by Crippen LogP contribution is 2.42. The fourth-order valence-electron chi connectivity index (χ4n) is 4.85. The van der Waals surface area contributed by atoms with Gasteiger partial charge in [0.2, 0.25) is 0 Å². The van der Waals surface area contributed by atoms with Crippen LogP contribution >= 0.6 is 0 Å². The summed E-state index contributed by atoms with van der Waals surface area (Å²) < 4.78 is 2.39. The van der Waals surface area contributed by atoms with E-state index < -0.39 is 0 Å². The molecule has 3 aromatic carbocycles. The van der Waals surface area contributed by atoms with Gasteiger partial charge in [-0.2, -0.15) is 5.26 Å². The lowest BCUT2D eigenvalue weighted by Gasteiger charge is -2.17. The Labute approximate surface area is 161 Å². The lowest BCUT2D eigenvalue weighted by Crippen LogP contribution is -2.00. The molecule has 0 N–H and O–H groups in total. The Balaban J connectivity index is 2.13. The lowest BCUT2D eigenvalue weighted by molar-refractivity contribution is 1.24. The number of hydrogen-bond acceptors (Lipinski definition) is 2. The van der Waals surface area contributed by atoms with Crippen molar-refractivity contribution in [1.29, 1.82) is 5.26 Å². The second kappa shape index (κ2) is 4.99. The maximum absolute atomic E-state index is 9.65. The largest absolute Gasteiger partial charge is 0.308 e. The van der Waals surface area contributed by atoms with Gasteiger partial charge in [0.05, 0.1) is 27.6 Å². The maximum Gasteiger partial charge on any atom is 0.101 e. The van der Waals surface area contributed by atoms with Gasteiger partial charge in [-0.25, -0.2) is 0 Å². The molecular weight excluding hydrogens is 342 g/mol. The molecule has 132 valence electrons. The van der Waals surface area contributed by atoms with E-state index in [0.29, 0.717) is 5.56 Å². The number of fused-ring (bicyclic) bond motifs is 6. The van der Waals surface area contributed by atoms with Crippen molar-refractivity contribution in [3.05, 3.63) is 70.9 Å². The molecule has 3 heteroatoms. The molecule has 0 aliphatic heterocycles. The third kappa shape index (κ3) is 1.62. The molecule has 0 saturated heterocycles. The van der Waals surface area contributed by atoms with Gasteiger partial charge >= 0.3 is 0 Å². The fourth-order valence-corrected chi connectivity index (χ4v) is 4.85. The summed E-state index contributed by atoms with van der Waals surface area (Å²) in [5.41, 5.74) is 9.05. The summed E-state index contributed by atoms with van der Waals surface area (Å²) in [6.07, 6.45) is 1.72. The molecule has 6 rings (SSSR count). The van der Waals surface area contributed by atoms with Crippen LogP contribution in [0.15, 0.2) is 48.7 Å². The van der Waals surface area contributed by atoms with Crippen LogP contribution in [0.2, 0.25) is 0 Å². The molecule has 0 bridgehead atoms. The quantitative estimate of drug-likeness (QED) is 0.240. The molecule has 0 fully saturated rings. The van der Waals surface area contributed by atoms with Crippen molar-refractivity contribution in [3.8, 4) is 6.07 Å². The van der Waals surface area contributed by atoms with Crippen LogP contribution in [-0.2, 0) is 0 Å². The van der Waals surface area contributed by atoms with Gasteiger partial charge in [0.15, 0.2) is 0 Å². The highest BCUT2D eigenvalue weighted by atomic mass is 14.9. The van der Waals surface area contributed by atoms with Crippen LogP contribution in [0.3, 0.4) is 0 Å². The highest BCUT2D eigenvalue weighted by Gasteiger charge is 2.21. The Morgan fingerprint density at radius 2 is 1.64 bits per heavy atom. The van der Waals surface area contributed by atoms with E-state index in [0.717, 1.165) is 27.2 Å². The predicted molar refractivity (Wildman–Crippen MR) is 115 cm³/mol. The summed E-state index contributed by atoms with van der Waals surface area (Å²) in [6.45, 7) is 6.56. The molecule has 0 spiro atoms. The van der Waals surface area contributed by atoms with Crippen molar-refractivity contribution in [2.75, 3.05) is 0 Å². The van der Waals surface area contributed by atoms with E-state index in [-0.39, 0.29) is 0 Å². The van der Waals surface area contributed by atoms with Crippen LogP contribution < -0.4 is 0 Å². The minimum Gasteiger partial charge on any atom is -0.308 e. The highest BCUT2D eigenvalue weighted by molar-refractivity contribution is 6.28. The Morgan fingerprint density at radius 3 is 2.46 bits per heavy atom. The summed E-state index contributed by atoms with van der Waals surface area (Å²) in [5, 5.41) is 15.3. The Bertz CT molecular complexity index is 1640. The minimum absolute atomic E-state index is 0.626.